The van der Waals surface area contributed by atoms with Crippen molar-refractivity contribution in [1.82, 2.24) is 0 Å². The van der Waals surface area contributed by atoms with Gasteiger partial charge in [-0.3, -0.25) is 4.79 Å². The number of esters is 1. The van der Waals surface area contributed by atoms with Crippen LogP contribution in [0.1, 0.15) is 37.7 Å². The van der Waals surface area contributed by atoms with Gasteiger partial charge in [0.1, 0.15) is 4.88 Å². The van der Waals surface area contributed by atoms with Crippen molar-refractivity contribution < 1.29 is 14.3 Å². The van der Waals surface area contributed by atoms with Crippen molar-refractivity contribution in [3.8, 4) is 0 Å². The van der Waals surface area contributed by atoms with Crippen LogP contribution in [-0.2, 0) is 28.8 Å². The predicted octanol–water partition coefficient (Wildman–Crippen LogP) is 4.62. The van der Waals surface area contributed by atoms with E-state index in [9.17, 15) is 9.59 Å². The second-order valence-corrected chi connectivity index (χ2v) is 7.99. The number of aryl methyl sites for hydroxylation is 2. The molecule has 0 fully saturated rings. The fourth-order valence-corrected chi connectivity index (χ4v) is 4.58. The highest BCUT2D eigenvalue weighted by Crippen LogP contribution is 2.30. The zero-order valence-corrected chi connectivity index (χ0v) is 16.3. The van der Waals surface area contributed by atoms with Crippen LogP contribution in [0.3, 0.4) is 0 Å². The van der Waals surface area contributed by atoms with E-state index in [0.717, 1.165) is 36.9 Å². The molecule has 4 rings (SSSR count). The molecule has 2 aromatic carbocycles. The maximum absolute atomic E-state index is 12.3. The van der Waals surface area contributed by atoms with E-state index in [1.807, 2.05) is 48.5 Å². The van der Waals surface area contributed by atoms with Crippen molar-refractivity contribution in [1.29, 1.82) is 0 Å². The summed E-state index contributed by atoms with van der Waals surface area (Å²) in [5.74, 6) is -0.759. The normalized spacial score (nSPS) is 12.4. The Kier molecular flexibility index (Phi) is 5.53. The van der Waals surface area contributed by atoms with Crippen molar-refractivity contribution in [2.24, 2.45) is 0 Å². The van der Waals surface area contributed by atoms with Crippen LogP contribution in [-0.4, -0.2) is 18.5 Å². The number of amides is 1. The summed E-state index contributed by atoms with van der Waals surface area (Å²) in [6, 6.07) is 19.7. The van der Waals surface area contributed by atoms with E-state index in [4.69, 9.17) is 4.74 Å². The van der Waals surface area contributed by atoms with Crippen molar-refractivity contribution in [2.45, 2.75) is 25.7 Å². The molecule has 1 aliphatic rings. The Morgan fingerprint density at radius 3 is 2.61 bits per heavy atom. The molecule has 0 aliphatic heterocycles. The van der Waals surface area contributed by atoms with Gasteiger partial charge in [0.15, 0.2) is 6.61 Å². The number of anilines is 1. The molecule has 0 unspecified atom stereocenters. The Hall–Kier alpha value is -2.92. The molecule has 0 atom stereocenters. The SMILES string of the molecule is O=C(COC(=O)c1cc2c(s1)CCC2)Nc1ccccc1Cc1ccccc1. The van der Waals surface area contributed by atoms with Gasteiger partial charge in [-0.1, -0.05) is 48.5 Å². The van der Waals surface area contributed by atoms with Gasteiger partial charge in [0.2, 0.25) is 0 Å². The number of hydrogen-bond acceptors (Lipinski definition) is 4. The molecule has 1 aliphatic carbocycles. The molecule has 1 aromatic heterocycles. The van der Waals surface area contributed by atoms with Gasteiger partial charge in [0, 0.05) is 10.6 Å². The highest BCUT2D eigenvalue weighted by atomic mass is 32.1. The van der Waals surface area contributed by atoms with Gasteiger partial charge in [-0.15, -0.1) is 11.3 Å². The van der Waals surface area contributed by atoms with E-state index in [0.29, 0.717) is 4.88 Å². The van der Waals surface area contributed by atoms with Gasteiger partial charge in [-0.05, 0) is 54.5 Å². The molecule has 1 amide bonds. The number of fused-ring (bicyclic) bond motifs is 1. The minimum absolute atomic E-state index is 0.291. The number of thiophene rings is 1. The molecule has 28 heavy (non-hydrogen) atoms. The highest BCUT2D eigenvalue weighted by molar-refractivity contribution is 7.14. The molecule has 5 heteroatoms. The van der Waals surface area contributed by atoms with Crippen molar-refractivity contribution in [2.75, 3.05) is 11.9 Å². The maximum atomic E-state index is 12.3. The van der Waals surface area contributed by atoms with Gasteiger partial charge in [0.25, 0.3) is 5.91 Å². The predicted molar refractivity (Wildman–Crippen MR) is 111 cm³/mol. The third-order valence-corrected chi connectivity index (χ3v) is 6.03. The lowest BCUT2D eigenvalue weighted by atomic mass is 10.0. The summed E-state index contributed by atoms with van der Waals surface area (Å²) < 4.78 is 5.22. The second kappa shape index (κ2) is 8.40. The molecule has 0 saturated heterocycles. The van der Waals surface area contributed by atoms with Crippen molar-refractivity contribution in [3.05, 3.63) is 87.1 Å². The summed E-state index contributed by atoms with van der Waals surface area (Å²) in [6.07, 6.45) is 3.93. The van der Waals surface area contributed by atoms with E-state index >= 15 is 0 Å². The largest absolute Gasteiger partial charge is 0.451 e. The first-order valence-electron chi connectivity index (χ1n) is 9.39. The molecule has 0 bridgehead atoms. The number of carbonyl (C=O) groups excluding carboxylic acids is 2. The molecule has 0 saturated carbocycles. The number of para-hydroxylation sites is 1. The summed E-state index contributed by atoms with van der Waals surface area (Å²) >= 11 is 1.48. The van der Waals surface area contributed by atoms with Crippen molar-refractivity contribution >= 4 is 28.9 Å². The van der Waals surface area contributed by atoms with Gasteiger partial charge in [0.05, 0.1) is 0 Å². The van der Waals surface area contributed by atoms with E-state index in [-0.39, 0.29) is 12.5 Å². The number of benzene rings is 2. The van der Waals surface area contributed by atoms with Gasteiger partial charge < -0.3 is 10.1 Å². The summed E-state index contributed by atoms with van der Waals surface area (Å²) in [7, 11) is 0. The summed E-state index contributed by atoms with van der Waals surface area (Å²) in [5, 5.41) is 2.86. The number of nitrogens with one attached hydrogen (secondary N) is 1. The van der Waals surface area contributed by atoms with Crippen LogP contribution >= 0.6 is 11.3 Å². The zero-order valence-electron chi connectivity index (χ0n) is 15.4. The van der Waals surface area contributed by atoms with Crippen molar-refractivity contribution in [3.63, 3.8) is 0 Å². The molecular formula is C23H21NO3S. The minimum atomic E-state index is -0.424. The quantitative estimate of drug-likeness (QED) is 0.624. The Bertz CT molecular complexity index is 973. The molecule has 3 aromatic rings. The fraction of sp³-hybridized carbons (Fsp3) is 0.217. The minimum Gasteiger partial charge on any atom is -0.451 e. The molecule has 0 spiro atoms. The van der Waals surface area contributed by atoms with Gasteiger partial charge >= 0.3 is 5.97 Å². The molecule has 1 N–H and O–H groups in total. The third kappa shape index (κ3) is 4.31. The first-order chi connectivity index (χ1) is 13.7. The zero-order chi connectivity index (χ0) is 19.3. The second-order valence-electron chi connectivity index (χ2n) is 6.86. The fourth-order valence-electron chi connectivity index (χ4n) is 3.43. The Labute approximate surface area is 168 Å². The summed E-state index contributed by atoms with van der Waals surface area (Å²) in [5.41, 5.74) is 4.17. The van der Waals surface area contributed by atoms with Crippen LogP contribution in [0, 0.1) is 0 Å². The molecule has 0 radical (unpaired) electrons. The van der Waals surface area contributed by atoms with E-state index in [1.165, 1.54) is 27.3 Å². The Balaban J connectivity index is 1.35. The van der Waals surface area contributed by atoms with E-state index in [1.54, 1.807) is 0 Å². The molecule has 4 nitrogen and oxygen atoms in total. The Morgan fingerprint density at radius 1 is 1.00 bits per heavy atom. The maximum Gasteiger partial charge on any atom is 0.348 e. The first kappa shape index (κ1) is 18.4. The number of ether oxygens (including phenoxy) is 1. The average molecular weight is 391 g/mol. The number of rotatable bonds is 6. The van der Waals surface area contributed by atoms with Crippen LogP contribution in [0.5, 0.6) is 0 Å². The first-order valence-corrected chi connectivity index (χ1v) is 10.2. The summed E-state index contributed by atoms with van der Waals surface area (Å²) in [4.78, 5) is 26.4. The monoisotopic (exact) mass is 391 g/mol. The number of hydrogen-bond donors (Lipinski definition) is 1. The lowest BCUT2D eigenvalue weighted by molar-refractivity contribution is -0.119. The van der Waals surface area contributed by atoms with E-state index in [2.05, 4.69) is 17.4 Å². The van der Waals surface area contributed by atoms with Crippen LogP contribution in [0.2, 0.25) is 0 Å². The van der Waals surface area contributed by atoms with Gasteiger partial charge in [-0.25, -0.2) is 4.79 Å². The topological polar surface area (TPSA) is 55.4 Å². The molecular weight excluding hydrogens is 370 g/mol. The van der Waals surface area contributed by atoms with Crippen LogP contribution in [0.4, 0.5) is 5.69 Å². The molecule has 142 valence electrons. The van der Waals surface area contributed by atoms with Crippen LogP contribution in [0.15, 0.2) is 60.7 Å². The van der Waals surface area contributed by atoms with Crippen LogP contribution in [0.25, 0.3) is 0 Å². The lowest BCUT2D eigenvalue weighted by Crippen LogP contribution is -2.21. The smallest absolute Gasteiger partial charge is 0.348 e. The summed E-state index contributed by atoms with van der Waals surface area (Å²) in [6.45, 7) is -0.291. The average Bonchev–Trinajstić information content (AvgIpc) is 3.31. The highest BCUT2D eigenvalue weighted by Gasteiger charge is 2.20. The molecule has 1 heterocycles. The standard InChI is InChI=1S/C23H21NO3S/c25-22(15-27-23(26)21-14-18-10-6-12-20(18)28-21)24-19-11-5-4-9-17(19)13-16-7-2-1-3-8-16/h1-5,7-9,11,14H,6,10,12-13,15H2,(H,24,25). The van der Waals surface area contributed by atoms with Crippen LogP contribution < -0.4 is 5.32 Å². The third-order valence-electron chi connectivity index (χ3n) is 4.81. The van der Waals surface area contributed by atoms with Gasteiger partial charge in [-0.2, -0.15) is 0 Å². The lowest BCUT2D eigenvalue weighted by Gasteiger charge is -2.11. The number of carbonyl (C=O) groups is 2. The Morgan fingerprint density at radius 2 is 1.79 bits per heavy atom. The van der Waals surface area contributed by atoms with E-state index < -0.39 is 5.97 Å².